The number of aliphatic hydroxyl groups is 1. The highest BCUT2D eigenvalue weighted by atomic mass is 35.5. The molecule has 6 rings (SSSR count). The molecule has 0 bridgehead atoms. The summed E-state index contributed by atoms with van der Waals surface area (Å²) in [4.78, 5) is 41.7. The van der Waals surface area contributed by atoms with Crippen molar-refractivity contribution in [1.29, 1.82) is 0 Å². The Morgan fingerprint density at radius 1 is 1.05 bits per heavy atom. The molecule has 41 heavy (non-hydrogen) atoms. The third kappa shape index (κ3) is 4.10. The van der Waals surface area contributed by atoms with Gasteiger partial charge in [-0.05, 0) is 90.4 Å². The molecule has 0 fully saturated rings. The molecule has 1 aromatic heterocycles. The number of H-pyrrole nitrogens is 1. The first-order chi connectivity index (χ1) is 19.4. The van der Waals surface area contributed by atoms with E-state index in [0.29, 0.717) is 39.8 Å². The molecule has 5 aromatic rings. The van der Waals surface area contributed by atoms with Gasteiger partial charge in [-0.15, -0.1) is 0 Å². The van der Waals surface area contributed by atoms with Crippen molar-refractivity contribution in [2.24, 2.45) is 5.73 Å². The lowest BCUT2D eigenvalue weighted by atomic mass is 9.88. The summed E-state index contributed by atoms with van der Waals surface area (Å²) in [6.45, 7) is 5.06. The molecule has 0 saturated heterocycles. The predicted molar refractivity (Wildman–Crippen MR) is 157 cm³/mol. The fraction of sp³-hybridized carbons (Fsp3) is 0.156. The fourth-order valence-corrected chi connectivity index (χ4v) is 5.99. The number of hydrogen-bond acceptors (Lipinski definition) is 4. The highest BCUT2D eigenvalue weighted by Crippen LogP contribution is 2.47. The zero-order valence-electron chi connectivity index (χ0n) is 22.4. The van der Waals surface area contributed by atoms with E-state index >= 15 is 4.39 Å². The Hall–Kier alpha value is -4.53. The second kappa shape index (κ2) is 9.26. The first-order valence-electron chi connectivity index (χ1n) is 12.9. The summed E-state index contributed by atoms with van der Waals surface area (Å²) >= 11 is 6.21. The van der Waals surface area contributed by atoms with Gasteiger partial charge in [0.25, 0.3) is 5.56 Å². The molecule has 0 atom stereocenters. The molecular weight excluding hydrogens is 545 g/mol. The number of primary amides is 1. The number of nitrogens with two attached hydrogens (primary N) is 1. The van der Waals surface area contributed by atoms with Crippen molar-refractivity contribution in [3.8, 4) is 27.9 Å². The van der Waals surface area contributed by atoms with Crippen molar-refractivity contribution in [3.05, 3.63) is 120 Å². The first kappa shape index (κ1) is 26.7. The van der Waals surface area contributed by atoms with E-state index in [1.54, 1.807) is 63.2 Å². The Labute approximate surface area is 238 Å². The first-order valence-corrected chi connectivity index (χ1v) is 13.3. The van der Waals surface area contributed by atoms with Crippen LogP contribution in [-0.2, 0) is 12.0 Å². The number of carbonyl (C=O) groups is 1. The van der Waals surface area contributed by atoms with Gasteiger partial charge in [-0.3, -0.25) is 9.59 Å². The number of aromatic nitrogens is 2. The van der Waals surface area contributed by atoms with E-state index in [1.807, 2.05) is 12.1 Å². The summed E-state index contributed by atoms with van der Waals surface area (Å²) in [6, 6.07) is 16.3. The summed E-state index contributed by atoms with van der Waals surface area (Å²) in [5.74, 6) is -1.41. The van der Waals surface area contributed by atoms with Crippen LogP contribution in [0.1, 0.15) is 46.5 Å². The molecule has 0 spiro atoms. The van der Waals surface area contributed by atoms with Gasteiger partial charge in [0.1, 0.15) is 5.82 Å². The van der Waals surface area contributed by atoms with E-state index in [-0.39, 0.29) is 32.7 Å². The summed E-state index contributed by atoms with van der Waals surface area (Å²) in [5.41, 5.74) is 8.38. The number of para-hydroxylation sites is 1. The van der Waals surface area contributed by atoms with Crippen LogP contribution in [-0.4, -0.2) is 20.6 Å². The number of nitrogens with one attached hydrogen (secondary N) is 1. The Balaban J connectivity index is 1.64. The van der Waals surface area contributed by atoms with Crippen LogP contribution in [0.15, 0.2) is 70.3 Å². The van der Waals surface area contributed by atoms with Crippen LogP contribution in [0.3, 0.4) is 0 Å². The van der Waals surface area contributed by atoms with E-state index in [4.69, 9.17) is 17.3 Å². The maximum Gasteiger partial charge on any atom is 0.333 e. The number of nitrogens with zero attached hydrogens (tertiary/aromatic N) is 1. The van der Waals surface area contributed by atoms with Gasteiger partial charge in [-0.1, -0.05) is 48.0 Å². The number of aromatic amines is 1. The van der Waals surface area contributed by atoms with Gasteiger partial charge < -0.3 is 15.8 Å². The molecule has 0 radical (unpaired) electrons. The smallest absolute Gasteiger partial charge is 0.333 e. The molecule has 7 nitrogen and oxygen atoms in total. The van der Waals surface area contributed by atoms with Crippen LogP contribution < -0.4 is 17.0 Å². The van der Waals surface area contributed by atoms with E-state index in [9.17, 15) is 19.5 Å². The molecule has 4 aromatic carbocycles. The van der Waals surface area contributed by atoms with Crippen molar-refractivity contribution >= 4 is 28.4 Å². The highest BCUT2D eigenvalue weighted by Gasteiger charge is 2.31. The fourth-order valence-electron chi connectivity index (χ4n) is 5.77. The van der Waals surface area contributed by atoms with Gasteiger partial charge in [0.05, 0.1) is 27.2 Å². The summed E-state index contributed by atoms with van der Waals surface area (Å²) in [7, 11) is 0. The molecule has 4 N–H and O–H groups in total. The van der Waals surface area contributed by atoms with Crippen molar-refractivity contribution in [2.75, 3.05) is 0 Å². The molecule has 1 aliphatic rings. The van der Waals surface area contributed by atoms with Gasteiger partial charge in [0.15, 0.2) is 0 Å². The quantitative estimate of drug-likeness (QED) is 0.265. The van der Waals surface area contributed by atoms with Crippen LogP contribution in [0.4, 0.5) is 4.39 Å². The molecule has 1 heterocycles. The van der Waals surface area contributed by atoms with Gasteiger partial charge in [-0.2, -0.15) is 0 Å². The number of benzene rings is 4. The molecule has 0 aliphatic heterocycles. The number of fused-ring (bicyclic) bond motifs is 4. The molecule has 206 valence electrons. The van der Waals surface area contributed by atoms with Crippen molar-refractivity contribution in [1.82, 2.24) is 9.55 Å². The normalized spacial score (nSPS) is 12.4. The van der Waals surface area contributed by atoms with Gasteiger partial charge >= 0.3 is 5.69 Å². The van der Waals surface area contributed by atoms with Crippen LogP contribution in [0, 0.1) is 12.7 Å². The van der Waals surface area contributed by atoms with Crippen molar-refractivity contribution < 1.29 is 14.3 Å². The molecular formula is C32H25ClFN3O4. The standard InChI is InChI=1S/C32H25ClFN3O4/c1-15-18(6-5-9-25(15)37-30(39)20-7-4-8-23(33)28(20)36-31(37)40)27-24(34)14-22(29(35)38)21-13-16-12-17(32(2,3)41)10-11-19(16)26(21)27/h4-12,14,41H,13H2,1-3H3,(H2,35,38)(H,36,40). The molecule has 9 heteroatoms. The van der Waals surface area contributed by atoms with Crippen LogP contribution in [0.2, 0.25) is 5.02 Å². The maximum absolute atomic E-state index is 16.0. The lowest BCUT2D eigenvalue weighted by Gasteiger charge is -2.20. The third-order valence-corrected chi connectivity index (χ3v) is 8.11. The largest absolute Gasteiger partial charge is 0.386 e. The SMILES string of the molecule is Cc1c(-c2c(F)cc(C(N)=O)c3c2-c2ccc(C(C)(C)O)cc2C3)cccc1-n1c(=O)[nH]c2c(Cl)cccc2c1=O. The maximum atomic E-state index is 16.0. The van der Waals surface area contributed by atoms with Crippen LogP contribution in [0.25, 0.3) is 38.8 Å². The number of hydrogen-bond donors (Lipinski definition) is 3. The lowest BCUT2D eigenvalue weighted by molar-refractivity contribution is 0.0785. The Bertz CT molecular complexity index is 2070. The Kier molecular flexibility index (Phi) is 6.02. The van der Waals surface area contributed by atoms with Gasteiger partial charge in [0, 0.05) is 11.1 Å². The van der Waals surface area contributed by atoms with Crippen LogP contribution in [0.5, 0.6) is 0 Å². The Morgan fingerprint density at radius 2 is 1.78 bits per heavy atom. The van der Waals surface area contributed by atoms with Crippen LogP contribution >= 0.6 is 11.6 Å². The number of carbonyl (C=O) groups excluding carboxylic acids is 1. The summed E-state index contributed by atoms with van der Waals surface area (Å²) in [5, 5.41) is 11.0. The number of rotatable bonds is 4. The van der Waals surface area contributed by atoms with Crippen molar-refractivity contribution in [3.63, 3.8) is 0 Å². The predicted octanol–water partition coefficient (Wildman–Crippen LogP) is 5.34. The second-order valence-corrected chi connectivity index (χ2v) is 11.2. The summed E-state index contributed by atoms with van der Waals surface area (Å²) in [6.07, 6.45) is 0.323. The van der Waals surface area contributed by atoms with E-state index in [2.05, 4.69) is 4.98 Å². The molecule has 1 aliphatic carbocycles. The van der Waals surface area contributed by atoms with E-state index in [1.165, 1.54) is 0 Å². The topological polar surface area (TPSA) is 118 Å². The van der Waals surface area contributed by atoms with Crippen molar-refractivity contribution in [2.45, 2.75) is 32.8 Å². The van der Waals surface area contributed by atoms with E-state index < -0.39 is 28.6 Å². The average molecular weight is 570 g/mol. The zero-order chi connectivity index (χ0) is 29.4. The van der Waals surface area contributed by atoms with Gasteiger partial charge in [0.2, 0.25) is 5.91 Å². The molecule has 0 saturated carbocycles. The minimum Gasteiger partial charge on any atom is -0.386 e. The average Bonchev–Trinajstić information content (AvgIpc) is 3.28. The number of halogens is 2. The second-order valence-electron chi connectivity index (χ2n) is 10.8. The Morgan fingerprint density at radius 3 is 2.49 bits per heavy atom. The van der Waals surface area contributed by atoms with Gasteiger partial charge in [-0.25, -0.2) is 13.8 Å². The highest BCUT2D eigenvalue weighted by molar-refractivity contribution is 6.34. The molecule has 1 amide bonds. The zero-order valence-corrected chi connectivity index (χ0v) is 23.2. The minimum absolute atomic E-state index is 0.0788. The summed E-state index contributed by atoms with van der Waals surface area (Å²) < 4.78 is 17.1. The minimum atomic E-state index is -1.10. The lowest BCUT2D eigenvalue weighted by Crippen LogP contribution is -2.34. The van der Waals surface area contributed by atoms with E-state index in [0.717, 1.165) is 16.2 Å². The molecule has 0 unspecified atom stereocenters. The third-order valence-electron chi connectivity index (χ3n) is 7.80. The number of amides is 1. The monoisotopic (exact) mass is 569 g/mol.